The Kier molecular flexibility index (Phi) is 2.87. The average Bonchev–Trinajstić information content (AvgIpc) is 2.54. The van der Waals surface area contributed by atoms with E-state index in [1.165, 1.54) is 16.8 Å². The number of carbonyl (C=O) groups excluding carboxylic acids is 1. The third-order valence-corrected chi connectivity index (χ3v) is 3.02. The molecule has 3 nitrogen and oxygen atoms in total. The van der Waals surface area contributed by atoms with Crippen molar-refractivity contribution in [2.24, 2.45) is 7.05 Å². The molecule has 0 fully saturated rings. The quantitative estimate of drug-likeness (QED) is 0.794. The van der Waals surface area contributed by atoms with E-state index in [0.717, 1.165) is 0 Å². The topological polar surface area (TPSA) is 34.9 Å². The van der Waals surface area contributed by atoms with Crippen LogP contribution in [0.3, 0.4) is 0 Å². The lowest BCUT2D eigenvalue weighted by Crippen LogP contribution is -1.96. The van der Waals surface area contributed by atoms with Crippen LogP contribution in [0, 0.1) is 5.82 Å². The molecule has 0 bridgehead atoms. The van der Waals surface area contributed by atoms with Crippen LogP contribution in [0.15, 0.2) is 28.7 Å². The maximum atomic E-state index is 13.1. The van der Waals surface area contributed by atoms with Crippen LogP contribution in [0.1, 0.15) is 10.5 Å². The van der Waals surface area contributed by atoms with Crippen molar-refractivity contribution in [3.63, 3.8) is 0 Å². The highest BCUT2D eigenvalue weighted by Gasteiger charge is 2.14. The van der Waals surface area contributed by atoms with E-state index in [2.05, 4.69) is 21.0 Å². The first-order chi connectivity index (χ1) is 7.63. The average molecular weight is 283 g/mol. The molecule has 0 aliphatic heterocycles. The van der Waals surface area contributed by atoms with Crippen molar-refractivity contribution in [2.45, 2.75) is 0 Å². The molecule has 0 amide bonds. The van der Waals surface area contributed by atoms with E-state index in [1.807, 2.05) is 0 Å². The van der Waals surface area contributed by atoms with Crippen LogP contribution in [0.4, 0.5) is 4.39 Å². The largest absolute Gasteiger partial charge is 0.296 e. The summed E-state index contributed by atoms with van der Waals surface area (Å²) in [4.78, 5) is 10.8. The highest BCUT2D eigenvalue weighted by atomic mass is 79.9. The van der Waals surface area contributed by atoms with Crippen molar-refractivity contribution in [2.75, 3.05) is 0 Å². The molecule has 0 unspecified atom stereocenters. The Morgan fingerprint density at radius 3 is 2.81 bits per heavy atom. The fourth-order valence-electron chi connectivity index (χ4n) is 1.46. The first-order valence-electron chi connectivity index (χ1n) is 4.57. The van der Waals surface area contributed by atoms with Crippen LogP contribution in [0.25, 0.3) is 11.3 Å². The van der Waals surface area contributed by atoms with Crippen LogP contribution in [0.2, 0.25) is 0 Å². The Balaban J connectivity index is 2.61. The van der Waals surface area contributed by atoms with Crippen molar-refractivity contribution in [1.82, 2.24) is 9.78 Å². The van der Waals surface area contributed by atoms with Crippen LogP contribution >= 0.6 is 15.9 Å². The molecule has 0 spiro atoms. The summed E-state index contributed by atoms with van der Waals surface area (Å²) in [6.07, 6.45) is 0.708. The SMILES string of the molecule is Cn1nc(-c2cccc(F)c2)c(Br)c1C=O. The molecule has 0 radical (unpaired) electrons. The molecular formula is C11H8BrFN2O. The van der Waals surface area contributed by atoms with E-state index in [1.54, 1.807) is 19.2 Å². The van der Waals surface area contributed by atoms with Gasteiger partial charge in [0.2, 0.25) is 0 Å². The highest BCUT2D eigenvalue weighted by Crippen LogP contribution is 2.29. The molecule has 0 N–H and O–H groups in total. The lowest BCUT2D eigenvalue weighted by atomic mass is 10.1. The Morgan fingerprint density at radius 1 is 1.50 bits per heavy atom. The summed E-state index contributed by atoms with van der Waals surface area (Å²) in [6, 6.07) is 6.08. The molecule has 1 heterocycles. The minimum Gasteiger partial charge on any atom is -0.296 e. The van der Waals surface area contributed by atoms with Crippen molar-refractivity contribution in [3.8, 4) is 11.3 Å². The second-order valence-corrected chi connectivity index (χ2v) is 4.09. The molecule has 0 aliphatic carbocycles. The Labute approximate surface area is 100 Å². The summed E-state index contributed by atoms with van der Waals surface area (Å²) in [6.45, 7) is 0. The molecule has 2 rings (SSSR count). The van der Waals surface area contributed by atoms with Gasteiger partial charge in [-0.3, -0.25) is 9.48 Å². The molecule has 0 aliphatic rings. The normalized spacial score (nSPS) is 10.4. The van der Waals surface area contributed by atoms with Crippen LogP contribution < -0.4 is 0 Å². The van der Waals surface area contributed by atoms with Gasteiger partial charge in [-0.25, -0.2) is 4.39 Å². The Morgan fingerprint density at radius 2 is 2.25 bits per heavy atom. The second-order valence-electron chi connectivity index (χ2n) is 3.30. The first-order valence-corrected chi connectivity index (χ1v) is 5.36. The van der Waals surface area contributed by atoms with E-state index >= 15 is 0 Å². The molecule has 2 aromatic rings. The van der Waals surface area contributed by atoms with Crippen molar-refractivity contribution < 1.29 is 9.18 Å². The van der Waals surface area contributed by atoms with Crippen molar-refractivity contribution >= 4 is 22.2 Å². The smallest absolute Gasteiger partial charge is 0.169 e. The zero-order chi connectivity index (χ0) is 11.7. The van der Waals surface area contributed by atoms with E-state index in [-0.39, 0.29) is 5.82 Å². The number of carbonyl (C=O) groups is 1. The summed E-state index contributed by atoms with van der Waals surface area (Å²) in [5, 5.41) is 4.16. The summed E-state index contributed by atoms with van der Waals surface area (Å²) >= 11 is 3.29. The molecule has 16 heavy (non-hydrogen) atoms. The lowest BCUT2D eigenvalue weighted by Gasteiger charge is -1.97. The number of nitrogens with zero attached hydrogens (tertiary/aromatic N) is 2. The fraction of sp³-hybridized carbons (Fsp3) is 0.0909. The highest BCUT2D eigenvalue weighted by molar-refractivity contribution is 9.10. The van der Waals surface area contributed by atoms with Gasteiger partial charge in [-0.1, -0.05) is 12.1 Å². The predicted molar refractivity (Wildman–Crippen MR) is 61.7 cm³/mol. The van der Waals surface area contributed by atoms with Gasteiger partial charge >= 0.3 is 0 Å². The van der Waals surface area contributed by atoms with Crippen molar-refractivity contribution in [1.29, 1.82) is 0 Å². The number of aryl methyl sites for hydroxylation is 1. The number of hydrogen-bond donors (Lipinski definition) is 0. The van der Waals surface area contributed by atoms with Gasteiger partial charge in [0.15, 0.2) is 6.29 Å². The van der Waals surface area contributed by atoms with Gasteiger partial charge in [-0.2, -0.15) is 5.10 Å². The zero-order valence-electron chi connectivity index (χ0n) is 8.45. The number of benzene rings is 1. The Bertz CT molecular complexity index is 551. The van der Waals surface area contributed by atoms with Crippen LogP contribution in [-0.4, -0.2) is 16.1 Å². The van der Waals surface area contributed by atoms with E-state index < -0.39 is 0 Å². The van der Waals surface area contributed by atoms with E-state index in [9.17, 15) is 9.18 Å². The Hall–Kier alpha value is -1.49. The predicted octanol–water partition coefficient (Wildman–Crippen LogP) is 2.80. The van der Waals surface area contributed by atoms with Gasteiger partial charge in [0.25, 0.3) is 0 Å². The number of halogens is 2. The van der Waals surface area contributed by atoms with Crippen LogP contribution in [0.5, 0.6) is 0 Å². The molecule has 0 saturated heterocycles. The third kappa shape index (κ3) is 1.78. The summed E-state index contributed by atoms with van der Waals surface area (Å²) < 4.78 is 15.1. The summed E-state index contributed by atoms with van der Waals surface area (Å²) in [7, 11) is 1.66. The zero-order valence-corrected chi connectivity index (χ0v) is 10.0. The molecule has 82 valence electrons. The molecule has 0 atom stereocenters. The molecule has 5 heteroatoms. The minimum atomic E-state index is -0.331. The van der Waals surface area contributed by atoms with Gasteiger partial charge in [0.1, 0.15) is 17.2 Å². The molecular weight excluding hydrogens is 275 g/mol. The second kappa shape index (κ2) is 4.17. The molecule has 0 saturated carbocycles. The third-order valence-electron chi connectivity index (χ3n) is 2.24. The number of hydrogen-bond acceptors (Lipinski definition) is 2. The van der Waals surface area contributed by atoms with E-state index in [4.69, 9.17) is 0 Å². The number of rotatable bonds is 2. The maximum absolute atomic E-state index is 13.1. The standard InChI is InChI=1S/C11H8BrFN2O/c1-15-9(6-16)10(12)11(14-15)7-3-2-4-8(13)5-7/h2-6H,1H3. The molecule has 1 aromatic carbocycles. The van der Waals surface area contributed by atoms with Crippen molar-refractivity contribution in [3.05, 3.63) is 40.2 Å². The summed E-state index contributed by atoms with van der Waals surface area (Å²) in [5.41, 5.74) is 1.62. The maximum Gasteiger partial charge on any atom is 0.169 e. The minimum absolute atomic E-state index is 0.331. The lowest BCUT2D eigenvalue weighted by molar-refractivity contribution is 0.111. The van der Waals surface area contributed by atoms with Gasteiger partial charge in [0.05, 0.1) is 4.47 Å². The number of aldehydes is 1. The van der Waals surface area contributed by atoms with Crippen LogP contribution in [-0.2, 0) is 7.05 Å². The van der Waals surface area contributed by atoms with Gasteiger partial charge in [-0.05, 0) is 28.1 Å². The van der Waals surface area contributed by atoms with Gasteiger partial charge in [-0.15, -0.1) is 0 Å². The molecule has 1 aromatic heterocycles. The first kappa shape index (κ1) is 11.0. The summed E-state index contributed by atoms with van der Waals surface area (Å²) in [5.74, 6) is -0.331. The monoisotopic (exact) mass is 282 g/mol. The fourth-order valence-corrected chi connectivity index (χ4v) is 2.12. The van der Waals surface area contributed by atoms with E-state index in [0.29, 0.717) is 27.7 Å². The van der Waals surface area contributed by atoms with Gasteiger partial charge < -0.3 is 0 Å². The van der Waals surface area contributed by atoms with Gasteiger partial charge in [0, 0.05) is 12.6 Å². The number of aromatic nitrogens is 2.